The van der Waals surface area contributed by atoms with Crippen LogP contribution in [0, 0.1) is 0 Å². The fourth-order valence-corrected chi connectivity index (χ4v) is 3.54. The summed E-state index contributed by atoms with van der Waals surface area (Å²) in [6, 6.07) is 10.2. The van der Waals surface area contributed by atoms with E-state index in [1.807, 2.05) is 0 Å². The van der Waals surface area contributed by atoms with E-state index in [0.717, 1.165) is 0 Å². The maximum atomic E-state index is 12.4. The molecule has 0 fully saturated rings. The van der Waals surface area contributed by atoms with Gasteiger partial charge in [0.05, 0.1) is 4.90 Å². The second-order valence-electron chi connectivity index (χ2n) is 6.15. The largest absolute Gasteiger partial charge is 0.477 e. The normalized spacial score (nSPS) is 11.6. The molecule has 27 heavy (non-hydrogen) atoms. The molecule has 9 heteroatoms. The third kappa shape index (κ3) is 4.89. The van der Waals surface area contributed by atoms with Gasteiger partial charge in [0.2, 0.25) is 10.0 Å². The molecule has 0 spiro atoms. The first kappa shape index (κ1) is 20.5. The van der Waals surface area contributed by atoms with Crippen LogP contribution in [0.2, 0.25) is 0 Å². The summed E-state index contributed by atoms with van der Waals surface area (Å²) in [5, 5.41) is 11.5. The van der Waals surface area contributed by atoms with Crippen LogP contribution in [0.1, 0.15) is 40.4 Å². The lowest BCUT2D eigenvalue weighted by Gasteiger charge is -2.21. The van der Waals surface area contributed by atoms with Gasteiger partial charge in [0.1, 0.15) is 11.4 Å². The van der Waals surface area contributed by atoms with Gasteiger partial charge in [-0.3, -0.25) is 4.79 Å². The van der Waals surface area contributed by atoms with E-state index < -0.39 is 21.9 Å². The van der Waals surface area contributed by atoms with E-state index in [9.17, 15) is 18.0 Å². The number of carboxylic acids is 1. The average molecular weight is 391 g/mol. The van der Waals surface area contributed by atoms with Gasteiger partial charge in [0.25, 0.3) is 5.91 Å². The van der Waals surface area contributed by atoms with Crippen molar-refractivity contribution in [1.82, 2.24) is 14.6 Å². The third-order valence-electron chi connectivity index (χ3n) is 3.98. The summed E-state index contributed by atoms with van der Waals surface area (Å²) in [5.41, 5.74) is 0.475. The lowest BCUT2D eigenvalue weighted by molar-refractivity contribution is 0.0690. The molecule has 0 aliphatic rings. The zero-order valence-corrected chi connectivity index (χ0v) is 16.0. The molecule has 1 heterocycles. The molecular weight excluding hydrogens is 370 g/mol. The number of pyridine rings is 1. The van der Waals surface area contributed by atoms with Gasteiger partial charge in [-0.25, -0.2) is 18.2 Å². The summed E-state index contributed by atoms with van der Waals surface area (Å²) in [7, 11) is -2.04. The summed E-state index contributed by atoms with van der Waals surface area (Å²) in [4.78, 5) is 27.0. The van der Waals surface area contributed by atoms with Crippen molar-refractivity contribution in [1.29, 1.82) is 0 Å². The Labute approximate surface area is 157 Å². The monoisotopic (exact) mass is 391 g/mol. The molecule has 1 aromatic heterocycles. The predicted octanol–water partition coefficient (Wildman–Crippen LogP) is 1.74. The van der Waals surface area contributed by atoms with Crippen LogP contribution >= 0.6 is 0 Å². The van der Waals surface area contributed by atoms with Crippen LogP contribution in [0.3, 0.4) is 0 Å². The molecule has 0 aliphatic carbocycles. The lowest BCUT2D eigenvalue weighted by Crippen LogP contribution is -2.33. The molecule has 1 amide bonds. The first-order valence-corrected chi connectivity index (χ1v) is 9.62. The number of sulfonamides is 1. The molecule has 2 N–H and O–H groups in total. The lowest BCUT2D eigenvalue weighted by atomic mass is 10.2. The quantitative estimate of drug-likeness (QED) is 0.742. The predicted molar refractivity (Wildman–Crippen MR) is 98.9 cm³/mol. The van der Waals surface area contributed by atoms with Crippen LogP contribution < -0.4 is 5.32 Å². The number of benzene rings is 1. The van der Waals surface area contributed by atoms with Crippen molar-refractivity contribution in [2.75, 3.05) is 7.05 Å². The van der Waals surface area contributed by atoms with Crippen molar-refractivity contribution < 1.29 is 23.1 Å². The SMILES string of the molecule is CC(C)N(C)S(=O)(=O)c1ccc(CNC(=O)c2cccc(C(=O)O)n2)cc1. The van der Waals surface area contributed by atoms with Crippen LogP contribution in [0.5, 0.6) is 0 Å². The highest BCUT2D eigenvalue weighted by Gasteiger charge is 2.22. The molecule has 1 aromatic carbocycles. The molecule has 2 aromatic rings. The van der Waals surface area contributed by atoms with Gasteiger partial charge in [-0.2, -0.15) is 4.31 Å². The van der Waals surface area contributed by atoms with Gasteiger partial charge in [0, 0.05) is 19.6 Å². The molecule has 0 saturated heterocycles. The number of hydrogen-bond donors (Lipinski definition) is 2. The number of nitrogens with one attached hydrogen (secondary N) is 1. The highest BCUT2D eigenvalue weighted by molar-refractivity contribution is 7.89. The number of aromatic carboxylic acids is 1. The molecular formula is C18H21N3O5S. The first-order valence-electron chi connectivity index (χ1n) is 8.18. The Hall–Kier alpha value is -2.78. The van der Waals surface area contributed by atoms with E-state index in [2.05, 4.69) is 10.3 Å². The third-order valence-corrected chi connectivity index (χ3v) is 6.03. The number of aromatic nitrogens is 1. The van der Waals surface area contributed by atoms with Crippen molar-refractivity contribution in [3.63, 3.8) is 0 Å². The zero-order chi connectivity index (χ0) is 20.2. The van der Waals surface area contributed by atoms with Crippen LogP contribution in [0.4, 0.5) is 0 Å². The summed E-state index contributed by atoms with van der Waals surface area (Å²) >= 11 is 0. The van der Waals surface area contributed by atoms with Crippen molar-refractivity contribution in [3.8, 4) is 0 Å². The van der Waals surface area contributed by atoms with Gasteiger partial charge >= 0.3 is 5.97 Å². The molecule has 2 rings (SSSR count). The highest BCUT2D eigenvalue weighted by atomic mass is 32.2. The fourth-order valence-electron chi connectivity index (χ4n) is 2.18. The van der Waals surface area contributed by atoms with Crippen LogP contribution in [0.25, 0.3) is 0 Å². The number of nitrogens with zero attached hydrogens (tertiary/aromatic N) is 2. The van der Waals surface area contributed by atoms with Gasteiger partial charge in [-0.05, 0) is 43.7 Å². The Morgan fingerprint density at radius 3 is 2.26 bits per heavy atom. The molecule has 0 aliphatic heterocycles. The minimum Gasteiger partial charge on any atom is -0.477 e. The van der Waals surface area contributed by atoms with Gasteiger partial charge in [-0.15, -0.1) is 0 Å². The molecule has 144 valence electrons. The molecule has 0 saturated carbocycles. The average Bonchev–Trinajstić information content (AvgIpc) is 2.65. The second kappa shape index (κ2) is 8.28. The summed E-state index contributed by atoms with van der Waals surface area (Å²) < 4.78 is 26.1. The van der Waals surface area contributed by atoms with Crippen molar-refractivity contribution >= 4 is 21.9 Å². The van der Waals surface area contributed by atoms with E-state index in [-0.39, 0.29) is 28.9 Å². The van der Waals surface area contributed by atoms with Gasteiger partial charge in [-0.1, -0.05) is 18.2 Å². The van der Waals surface area contributed by atoms with E-state index in [1.54, 1.807) is 26.0 Å². The Morgan fingerprint density at radius 2 is 1.70 bits per heavy atom. The van der Waals surface area contributed by atoms with E-state index >= 15 is 0 Å². The van der Waals surface area contributed by atoms with Gasteiger partial charge in [0.15, 0.2) is 0 Å². The van der Waals surface area contributed by atoms with E-state index in [4.69, 9.17) is 5.11 Å². The smallest absolute Gasteiger partial charge is 0.354 e. The maximum absolute atomic E-state index is 12.4. The Morgan fingerprint density at radius 1 is 1.11 bits per heavy atom. The van der Waals surface area contributed by atoms with Gasteiger partial charge < -0.3 is 10.4 Å². The van der Waals surface area contributed by atoms with Crippen LogP contribution in [-0.4, -0.2) is 47.8 Å². The van der Waals surface area contributed by atoms with Crippen molar-refractivity contribution in [2.45, 2.75) is 31.3 Å². The van der Waals surface area contributed by atoms with E-state index in [1.165, 1.54) is 41.7 Å². The number of carbonyl (C=O) groups excluding carboxylic acids is 1. The van der Waals surface area contributed by atoms with Crippen molar-refractivity contribution in [2.24, 2.45) is 0 Å². The van der Waals surface area contributed by atoms with Crippen LogP contribution in [0.15, 0.2) is 47.4 Å². The fraction of sp³-hybridized carbons (Fsp3) is 0.278. The minimum atomic E-state index is -3.56. The molecule has 8 nitrogen and oxygen atoms in total. The summed E-state index contributed by atoms with van der Waals surface area (Å²) in [6.45, 7) is 3.72. The zero-order valence-electron chi connectivity index (χ0n) is 15.2. The number of amides is 1. The molecule has 0 bridgehead atoms. The molecule has 0 radical (unpaired) electrons. The standard InChI is InChI=1S/C18H21N3O5S/c1-12(2)21(3)27(25,26)14-9-7-13(8-10-14)11-19-17(22)15-5-4-6-16(20-15)18(23)24/h4-10,12H,11H2,1-3H3,(H,19,22)(H,23,24). The Bertz CT molecular complexity index is 940. The number of carbonyl (C=O) groups is 2. The minimum absolute atomic E-state index is 0.00680. The first-order chi connectivity index (χ1) is 12.6. The summed E-state index contributed by atoms with van der Waals surface area (Å²) in [5.74, 6) is -1.73. The van der Waals surface area contributed by atoms with Crippen LogP contribution in [-0.2, 0) is 16.6 Å². The number of rotatable bonds is 7. The van der Waals surface area contributed by atoms with E-state index in [0.29, 0.717) is 5.56 Å². The number of hydrogen-bond acceptors (Lipinski definition) is 5. The van der Waals surface area contributed by atoms with Crippen molar-refractivity contribution in [3.05, 3.63) is 59.4 Å². The Kier molecular flexibility index (Phi) is 6.29. The maximum Gasteiger partial charge on any atom is 0.354 e. The number of carboxylic acid groups (broad SMARTS) is 1. The molecule has 0 atom stereocenters. The Balaban J connectivity index is 2.06. The molecule has 0 unspecified atom stereocenters. The highest BCUT2D eigenvalue weighted by Crippen LogP contribution is 2.17. The topological polar surface area (TPSA) is 117 Å². The second-order valence-corrected chi connectivity index (χ2v) is 8.15. The summed E-state index contributed by atoms with van der Waals surface area (Å²) in [6.07, 6.45) is 0.